The Bertz CT molecular complexity index is 909. The molecule has 0 saturated carbocycles. The maximum atomic E-state index is 13.2. The number of hydrogen-bond acceptors (Lipinski definition) is 6. The number of carbonyl (C=O) groups excluding carboxylic acids is 2. The van der Waals surface area contributed by atoms with E-state index < -0.39 is 12.2 Å². The molecule has 1 saturated heterocycles. The van der Waals surface area contributed by atoms with Crippen LogP contribution in [-0.2, 0) is 4.79 Å². The zero-order valence-corrected chi connectivity index (χ0v) is 16.6. The maximum absolute atomic E-state index is 13.2. The third-order valence-electron chi connectivity index (χ3n) is 5.79. The quantitative estimate of drug-likeness (QED) is 0.856. The van der Waals surface area contributed by atoms with Crippen LogP contribution in [0, 0.1) is 6.92 Å². The average Bonchev–Trinajstić information content (AvgIpc) is 3.17. The van der Waals surface area contributed by atoms with Crippen LogP contribution in [0.25, 0.3) is 0 Å². The van der Waals surface area contributed by atoms with Crippen molar-refractivity contribution in [1.82, 2.24) is 14.7 Å². The molecule has 2 atom stereocenters. The van der Waals surface area contributed by atoms with E-state index >= 15 is 0 Å². The molecule has 0 radical (unpaired) electrons. The number of carbonyl (C=O) groups is 2. The number of imide groups is 1. The van der Waals surface area contributed by atoms with Gasteiger partial charge < -0.3 is 10.0 Å². The molecule has 0 aromatic heterocycles. The number of nitrogens with zero attached hydrogens (tertiary/aromatic N) is 5. The summed E-state index contributed by atoms with van der Waals surface area (Å²) >= 11 is 0. The van der Waals surface area contributed by atoms with E-state index in [9.17, 15) is 9.59 Å². The third kappa shape index (κ3) is 2.44. The van der Waals surface area contributed by atoms with Crippen molar-refractivity contribution in [1.29, 1.82) is 0 Å². The highest BCUT2D eigenvalue weighted by molar-refractivity contribution is 6.10. The summed E-state index contributed by atoms with van der Waals surface area (Å²) in [4.78, 5) is 37.5. The van der Waals surface area contributed by atoms with Crippen LogP contribution in [0.4, 0.5) is 10.5 Å². The molecular weight excluding hydrogens is 358 g/mol. The van der Waals surface area contributed by atoms with E-state index in [4.69, 9.17) is 10.1 Å². The highest BCUT2D eigenvalue weighted by Gasteiger charge is 2.55. The number of rotatable bonds is 4. The summed E-state index contributed by atoms with van der Waals surface area (Å²) in [6.07, 6.45) is -0.200. The predicted molar refractivity (Wildman–Crippen MR) is 105 cm³/mol. The lowest BCUT2D eigenvalue weighted by molar-refractivity contribution is -0.136. The van der Waals surface area contributed by atoms with E-state index in [1.54, 1.807) is 7.05 Å². The van der Waals surface area contributed by atoms with Crippen LogP contribution in [0.3, 0.4) is 0 Å². The van der Waals surface area contributed by atoms with Gasteiger partial charge in [0.1, 0.15) is 0 Å². The maximum Gasteiger partial charge on any atom is 0.328 e. The molecule has 0 bridgehead atoms. The molecule has 3 heterocycles. The van der Waals surface area contributed by atoms with Gasteiger partial charge in [-0.25, -0.2) is 9.79 Å². The van der Waals surface area contributed by atoms with Gasteiger partial charge in [-0.15, -0.1) is 0 Å². The average molecular weight is 383 g/mol. The lowest BCUT2D eigenvalue weighted by Crippen LogP contribution is -2.64. The number of aliphatic imine (C=N–C) groups is 1. The Hall–Kier alpha value is -2.87. The summed E-state index contributed by atoms with van der Waals surface area (Å²) in [5, 5.41) is 9.13. The van der Waals surface area contributed by atoms with Crippen molar-refractivity contribution in [3.63, 3.8) is 0 Å². The van der Waals surface area contributed by atoms with Crippen LogP contribution in [0.2, 0.25) is 0 Å². The van der Waals surface area contributed by atoms with Crippen LogP contribution < -0.4 is 4.90 Å². The molecule has 3 aliphatic rings. The highest BCUT2D eigenvalue weighted by Crippen LogP contribution is 2.40. The van der Waals surface area contributed by atoms with Crippen LogP contribution >= 0.6 is 0 Å². The second-order valence-electron chi connectivity index (χ2n) is 7.41. The molecule has 1 aromatic carbocycles. The number of anilines is 1. The molecule has 3 aliphatic heterocycles. The fraction of sp³-hybridized carbons (Fsp3) is 0.450. The van der Waals surface area contributed by atoms with Crippen molar-refractivity contribution >= 4 is 23.6 Å². The van der Waals surface area contributed by atoms with Crippen molar-refractivity contribution in [2.45, 2.75) is 39.4 Å². The van der Waals surface area contributed by atoms with Gasteiger partial charge in [-0.2, -0.15) is 0 Å². The van der Waals surface area contributed by atoms with E-state index in [1.165, 1.54) is 9.80 Å². The number of para-hydroxylation sites is 1. The Balaban J connectivity index is 1.76. The molecule has 8 heteroatoms. The second kappa shape index (κ2) is 6.63. The first-order valence-electron chi connectivity index (χ1n) is 9.47. The van der Waals surface area contributed by atoms with Crippen molar-refractivity contribution in [3.05, 3.63) is 41.2 Å². The second-order valence-corrected chi connectivity index (χ2v) is 7.41. The molecule has 3 amide bonds. The number of aliphatic hydroxyl groups is 1. The summed E-state index contributed by atoms with van der Waals surface area (Å²) < 4.78 is 0. The number of aryl methyl sites for hydroxylation is 1. The number of urea groups is 1. The van der Waals surface area contributed by atoms with E-state index in [-0.39, 0.29) is 25.1 Å². The normalized spacial score (nSPS) is 24.2. The SMILES string of the molecule is CC1=C(C)N2C(=NC3C2C(=O)N(CCCO)C(=O)N3C)N1c1ccccc1C. The number of amides is 3. The Morgan fingerprint density at radius 3 is 2.50 bits per heavy atom. The molecule has 0 spiro atoms. The van der Waals surface area contributed by atoms with Gasteiger partial charge in [0.15, 0.2) is 12.2 Å². The Morgan fingerprint density at radius 2 is 1.82 bits per heavy atom. The van der Waals surface area contributed by atoms with Gasteiger partial charge in [0, 0.05) is 31.6 Å². The number of hydrogen-bond donors (Lipinski definition) is 1. The van der Waals surface area contributed by atoms with Gasteiger partial charge in [-0.1, -0.05) is 18.2 Å². The van der Waals surface area contributed by atoms with Crippen molar-refractivity contribution in [2.24, 2.45) is 4.99 Å². The van der Waals surface area contributed by atoms with Crippen molar-refractivity contribution < 1.29 is 14.7 Å². The fourth-order valence-electron chi connectivity index (χ4n) is 4.15. The van der Waals surface area contributed by atoms with Gasteiger partial charge in [-0.05, 0) is 38.8 Å². The van der Waals surface area contributed by atoms with Gasteiger partial charge in [0.05, 0.1) is 5.69 Å². The zero-order chi connectivity index (χ0) is 20.2. The summed E-state index contributed by atoms with van der Waals surface area (Å²) in [5.74, 6) is 0.412. The predicted octanol–water partition coefficient (Wildman–Crippen LogP) is 1.71. The summed E-state index contributed by atoms with van der Waals surface area (Å²) in [7, 11) is 1.68. The number of guanidine groups is 1. The monoisotopic (exact) mass is 383 g/mol. The Morgan fingerprint density at radius 1 is 1.11 bits per heavy atom. The zero-order valence-electron chi connectivity index (χ0n) is 16.6. The molecule has 4 rings (SSSR count). The number of likely N-dealkylation sites (N-methyl/N-ethyl adjacent to an activating group) is 1. The van der Waals surface area contributed by atoms with Crippen LogP contribution in [0.15, 0.2) is 40.7 Å². The van der Waals surface area contributed by atoms with Crippen LogP contribution in [-0.4, -0.2) is 70.1 Å². The number of aliphatic hydroxyl groups excluding tert-OH is 1. The van der Waals surface area contributed by atoms with Crippen LogP contribution in [0.1, 0.15) is 25.8 Å². The third-order valence-corrected chi connectivity index (χ3v) is 5.79. The minimum atomic E-state index is -0.583. The number of allylic oxidation sites excluding steroid dienone is 2. The van der Waals surface area contributed by atoms with E-state index in [0.717, 1.165) is 22.6 Å². The highest BCUT2D eigenvalue weighted by atomic mass is 16.3. The van der Waals surface area contributed by atoms with Crippen molar-refractivity contribution in [3.8, 4) is 0 Å². The molecule has 28 heavy (non-hydrogen) atoms. The smallest absolute Gasteiger partial charge is 0.328 e. The van der Waals surface area contributed by atoms with Gasteiger partial charge >= 0.3 is 6.03 Å². The van der Waals surface area contributed by atoms with Gasteiger partial charge in [-0.3, -0.25) is 19.5 Å². The minimum absolute atomic E-state index is 0.0700. The lowest BCUT2D eigenvalue weighted by atomic mass is 10.1. The van der Waals surface area contributed by atoms with Crippen molar-refractivity contribution in [2.75, 3.05) is 25.1 Å². The van der Waals surface area contributed by atoms with E-state index in [2.05, 4.69) is 4.90 Å². The molecule has 8 nitrogen and oxygen atoms in total. The first kappa shape index (κ1) is 18.5. The Labute approximate surface area is 164 Å². The van der Waals surface area contributed by atoms with Gasteiger partial charge in [0.2, 0.25) is 5.96 Å². The summed E-state index contributed by atoms with van der Waals surface area (Å²) in [5.41, 5.74) is 4.08. The molecule has 148 valence electrons. The standard InChI is InChI=1S/C20H25N5O3/c1-12-8-5-6-9-15(12)24-13(2)14(3)25-16-17(21-19(24)25)22(4)20(28)23(18(16)27)10-7-11-26/h5-6,8-9,16-17,26H,7,10-11H2,1-4H3. The number of benzene rings is 1. The lowest BCUT2D eigenvalue weighted by Gasteiger charge is -2.40. The molecule has 0 aliphatic carbocycles. The van der Waals surface area contributed by atoms with E-state index in [0.29, 0.717) is 12.4 Å². The fourth-order valence-corrected chi connectivity index (χ4v) is 4.15. The molecular formula is C20H25N5O3. The van der Waals surface area contributed by atoms with Gasteiger partial charge in [0.25, 0.3) is 5.91 Å². The van der Waals surface area contributed by atoms with E-state index in [1.807, 2.05) is 49.9 Å². The van der Waals surface area contributed by atoms with Crippen LogP contribution in [0.5, 0.6) is 0 Å². The molecule has 1 N–H and O–H groups in total. The molecule has 2 unspecified atom stereocenters. The first-order valence-corrected chi connectivity index (χ1v) is 9.47. The first-order chi connectivity index (χ1) is 13.4. The molecule has 1 aromatic rings. The largest absolute Gasteiger partial charge is 0.396 e. The number of fused-ring (bicyclic) bond motifs is 3. The summed E-state index contributed by atoms with van der Waals surface area (Å²) in [6.45, 7) is 6.17. The summed E-state index contributed by atoms with van der Waals surface area (Å²) in [6, 6.07) is 7.09. The topological polar surface area (TPSA) is 79.7 Å². The minimum Gasteiger partial charge on any atom is -0.396 e. The Kier molecular flexibility index (Phi) is 4.38. The molecule has 1 fully saturated rings.